The van der Waals surface area contributed by atoms with Crippen LogP contribution in [0.5, 0.6) is 0 Å². The minimum Gasteiger partial charge on any atom is -0.372 e. The molecule has 2 rings (SSSR count). The Kier molecular flexibility index (Phi) is 4.16. The lowest BCUT2D eigenvalue weighted by Gasteiger charge is -2.34. The number of nitrogens with one attached hydrogen (secondary N) is 1. The summed E-state index contributed by atoms with van der Waals surface area (Å²) in [6.45, 7) is 6.43. The maximum atomic E-state index is 12.3. The Labute approximate surface area is 115 Å². The van der Waals surface area contributed by atoms with E-state index in [1.165, 1.54) is 18.3 Å². The van der Waals surface area contributed by atoms with E-state index in [2.05, 4.69) is 10.3 Å². The Balaban J connectivity index is 2.06. The molecule has 2 heterocycles. The average Bonchev–Trinajstić information content (AvgIpc) is 2.74. The van der Waals surface area contributed by atoms with Gasteiger partial charge >= 0.3 is 0 Å². The van der Waals surface area contributed by atoms with E-state index in [-0.39, 0.29) is 24.0 Å². The van der Waals surface area contributed by atoms with Crippen molar-refractivity contribution in [2.75, 3.05) is 18.4 Å². The van der Waals surface area contributed by atoms with E-state index in [0.717, 1.165) is 0 Å². The summed E-state index contributed by atoms with van der Waals surface area (Å²) in [6.07, 6.45) is 0.0577. The van der Waals surface area contributed by atoms with Crippen molar-refractivity contribution >= 4 is 28.3 Å². The first kappa shape index (κ1) is 14.0. The summed E-state index contributed by atoms with van der Waals surface area (Å²) in [5, 5.41) is 4.69. The second-order valence-corrected chi connectivity index (χ2v) is 5.54. The smallest absolute Gasteiger partial charge is 0.273 e. The number of hydrogen-bond donors (Lipinski definition) is 1. The molecule has 7 heteroatoms. The van der Waals surface area contributed by atoms with Gasteiger partial charge in [-0.05, 0) is 13.8 Å². The van der Waals surface area contributed by atoms with Gasteiger partial charge in [-0.15, -0.1) is 11.3 Å². The molecule has 0 saturated carbocycles. The number of carbonyl (C=O) groups excluding carboxylic acids is 2. The number of thiazole rings is 1. The number of ether oxygens (including phenoxy) is 1. The minimum absolute atomic E-state index is 0.0288. The fourth-order valence-electron chi connectivity index (χ4n) is 2.09. The van der Waals surface area contributed by atoms with Gasteiger partial charge in [-0.1, -0.05) is 0 Å². The molecule has 0 bridgehead atoms. The summed E-state index contributed by atoms with van der Waals surface area (Å²) in [4.78, 5) is 29.1. The first-order valence-electron chi connectivity index (χ1n) is 6.13. The van der Waals surface area contributed by atoms with Crippen molar-refractivity contribution in [1.29, 1.82) is 0 Å². The Morgan fingerprint density at radius 3 is 2.63 bits per heavy atom. The summed E-state index contributed by atoms with van der Waals surface area (Å²) < 4.78 is 5.59. The summed E-state index contributed by atoms with van der Waals surface area (Å²) >= 11 is 1.25. The summed E-state index contributed by atoms with van der Waals surface area (Å²) in [5.74, 6) is -0.309. The molecule has 2 amide bonds. The second-order valence-electron chi connectivity index (χ2n) is 4.69. The molecular weight excluding hydrogens is 266 g/mol. The van der Waals surface area contributed by atoms with Crippen molar-refractivity contribution in [2.24, 2.45) is 0 Å². The van der Waals surface area contributed by atoms with Gasteiger partial charge in [0.15, 0.2) is 5.13 Å². The zero-order chi connectivity index (χ0) is 14.0. The van der Waals surface area contributed by atoms with Crippen LogP contribution in [0, 0.1) is 0 Å². The Bertz CT molecular complexity index is 478. The first-order chi connectivity index (χ1) is 8.95. The van der Waals surface area contributed by atoms with Crippen LogP contribution < -0.4 is 5.32 Å². The van der Waals surface area contributed by atoms with E-state index in [0.29, 0.717) is 23.9 Å². The van der Waals surface area contributed by atoms with Crippen LogP contribution in [0.25, 0.3) is 0 Å². The third-order valence-electron chi connectivity index (χ3n) is 2.71. The zero-order valence-corrected chi connectivity index (χ0v) is 12.0. The van der Waals surface area contributed by atoms with Crippen molar-refractivity contribution in [3.8, 4) is 0 Å². The molecule has 1 saturated heterocycles. The molecule has 1 aliphatic rings. The predicted octanol–water partition coefficient (Wildman–Crippen LogP) is 1.35. The highest BCUT2D eigenvalue weighted by atomic mass is 32.1. The first-order valence-corrected chi connectivity index (χ1v) is 7.01. The third-order valence-corrected chi connectivity index (χ3v) is 3.47. The number of aromatic nitrogens is 1. The highest BCUT2D eigenvalue weighted by molar-refractivity contribution is 7.14. The van der Waals surface area contributed by atoms with Gasteiger partial charge < -0.3 is 15.0 Å². The SMILES string of the molecule is CC(=O)Nc1nc(C(=O)N2C[C@@H](C)O[C@@H](C)C2)cs1. The molecule has 0 unspecified atom stereocenters. The monoisotopic (exact) mass is 283 g/mol. The lowest BCUT2D eigenvalue weighted by Crippen LogP contribution is -2.48. The molecule has 1 aromatic rings. The standard InChI is InChI=1S/C12H17N3O3S/c1-7-4-15(5-8(2)18-7)11(17)10-6-19-12(14-10)13-9(3)16/h6-8H,4-5H2,1-3H3,(H,13,14,16)/t7-,8+. The number of rotatable bonds is 2. The molecule has 6 nitrogen and oxygen atoms in total. The Morgan fingerprint density at radius 1 is 1.42 bits per heavy atom. The molecule has 104 valence electrons. The topological polar surface area (TPSA) is 71.5 Å². The summed E-state index contributed by atoms with van der Waals surface area (Å²) in [6, 6.07) is 0. The van der Waals surface area contributed by atoms with Crippen molar-refractivity contribution in [2.45, 2.75) is 33.0 Å². The lowest BCUT2D eigenvalue weighted by atomic mass is 10.2. The molecule has 2 atom stereocenters. The maximum absolute atomic E-state index is 12.3. The molecule has 0 aliphatic carbocycles. The number of amides is 2. The van der Waals surface area contributed by atoms with Gasteiger partial charge in [-0.2, -0.15) is 0 Å². The van der Waals surface area contributed by atoms with Crippen LogP contribution in [0.2, 0.25) is 0 Å². The maximum Gasteiger partial charge on any atom is 0.273 e. The van der Waals surface area contributed by atoms with Crippen molar-refractivity contribution < 1.29 is 14.3 Å². The highest BCUT2D eigenvalue weighted by Gasteiger charge is 2.27. The van der Waals surface area contributed by atoms with Crippen molar-refractivity contribution in [3.63, 3.8) is 0 Å². The molecule has 1 N–H and O–H groups in total. The fourth-order valence-corrected chi connectivity index (χ4v) is 2.82. The molecular formula is C12H17N3O3S. The Hall–Kier alpha value is -1.47. The lowest BCUT2D eigenvalue weighted by molar-refractivity contribution is -0.114. The molecule has 1 aromatic heterocycles. The second kappa shape index (κ2) is 5.66. The third kappa shape index (κ3) is 3.51. The van der Waals surface area contributed by atoms with Crippen LogP contribution in [0.3, 0.4) is 0 Å². The molecule has 0 spiro atoms. The van der Waals surface area contributed by atoms with Crippen LogP contribution in [0.1, 0.15) is 31.3 Å². The van der Waals surface area contributed by atoms with Gasteiger partial charge in [-0.3, -0.25) is 9.59 Å². The van der Waals surface area contributed by atoms with Gasteiger partial charge in [0.1, 0.15) is 5.69 Å². The average molecular weight is 283 g/mol. The molecule has 0 aromatic carbocycles. The van der Waals surface area contributed by atoms with E-state index >= 15 is 0 Å². The summed E-state index contributed by atoms with van der Waals surface area (Å²) in [5.41, 5.74) is 0.370. The number of anilines is 1. The van der Waals surface area contributed by atoms with Crippen LogP contribution in [-0.4, -0.2) is 47.0 Å². The van der Waals surface area contributed by atoms with Gasteiger partial charge in [0.05, 0.1) is 12.2 Å². The van der Waals surface area contributed by atoms with E-state index in [4.69, 9.17) is 4.74 Å². The van der Waals surface area contributed by atoms with Crippen LogP contribution in [0.15, 0.2) is 5.38 Å². The normalized spacial score (nSPS) is 23.2. The van der Waals surface area contributed by atoms with E-state index < -0.39 is 0 Å². The predicted molar refractivity (Wildman–Crippen MR) is 72.3 cm³/mol. The fraction of sp³-hybridized carbons (Fsp3) is 0.583. The minimum atomic E-state index is -0.193. The van der Waals surface area contributed by atoms with Crippen LogP contribution in [-0.2, 0) is 9.53 Å². The number of morpholine rings is 1. The Morgan fingerprint density at radius 2 is 2.05 bits per heavy atom. The van der Waals surface area contributed by atoms with Crippen LogP contribution in [0.4, 0.5) is 5.13 Å². The molecule has 19 heavy (non-hydrogen) atoms. The van der Waals surface area contributed by atoms with E-state index in [1.54, 1.807) is 10.3 Å². The van der Waals surface area contributed by atoms with E-state index in [1.807, 2.05) is 13.8 Å². The van der Waals surface area contributed by atoms with Gasteiger partial charge in [-0.25, -0.2) is 4.98 Å². The number of hydrogen-bond acceptors (Lipinski definition) is 5. The highest BCUT2D eigenvalue weighted by Crippen LogP contribution is 2.19. The van der Waals surface area contributed by atoms with E-state index in [9.17, 15) is 9.59 Å². The van der Waals surface area contributed by atoms with Crippen molar-refractivity contribution in [3.05, 3.63) is 11.1 Å². The van der Waals surface area contributed by atoms with Crippen molar-refractivity contribution in [1.82, 2.24) is 9.88 Å². The summed E-state index contributed by atoms with van der Waals surface area (Å²) in [7, 11) is 0. The van der Waals surface area contributed by atoms with Gasteiger partial charge in [0, 0.05) is 25.4 Å². The van der Waals surface area contributed by atoms with Gasteiger partial charge in [0.25, 0.3) is 5.91 Å². The quantitative estimate of drug-likeness (QED) is 0.889. The number of carbonyl (C=O) groups is 2. The molecule has 1 fully saturated rings. The largest absolute Gasteiger partial charge is 0.372 e. The molecule has 1 aliphatic heterocycles. The van der Waals surface area contributed by atoms with Gasteiger partial charge in [0.2, 0.25) is 5.91 Å². The molecule has 0 radical (unpaired) electrons. The number of nitrogens with zero attached hydrogens (tertiary/aromatic N) is 2. The zero-order valence-electron chi connectivity index (χ0n) is 11.2. The van der Waals surface area contributed by atoms with Crippen LogP contribution >= 0.6 is 11.3 Å².